The van der Waals surface area contributed by atoms with Crippen LogP contribution in [0.25, 0.3) is 0 Å². The van der Waals surface area contributed by atoms with Gasteiger partial charge in [-0.1, -0.05) is 17.7 Å². The highest BCUT2D eigenvalue weighted by molar-refractivity contribution is 5.86. The van der Waals surface area contributed by atoms with Crippen molar-refractivity contribution < 1.29 is 9.53 Å². The van der Waals surface area contributed by atoms with Crippen LogP contribution >= 0.6 is 0 Å². The summed E-state index contributed by atoms with van der Waals surface area (Å²) in [6.07, 6.45) is 4.98. The lowest BCUT2D eigenvalue weighted by Gasteiger charge is -2.41. The van der Waals surface area contributed by atoms with Crippen molar-refractivity contribution >= 4 is 5.91 Å². The molecular weight excluding hydrogens is 340 g/mol. The monoisotopic (exact) mass is 370 g/mol. The number of piperidine rings is 1. The summed E-state index contributed by atoms with van der Waals surface area (Å²) in [6, 6.07) is 7.99. The van der Waals surface area contributed by atoms with Gasteiger partial charge in [-0.05, 0) is 46.0 Å². The first-order chi connectivity index (χ1) is 12.9. The van der Waals surface area contributed by atoms with Crippen molar-refractivity contribution in [2.24, 2.45) is 7.05 Å². The average Bonchev–Trinajstić information content (AvgIpc) is 3.06. The molecule has 1 aliphatic rings. The molecule has 0 bridgehead atoms. The molecule has 1 amide bonds. The Kier molecular flexibility index (Phi) is 5.85. The average molecular weight is 370 g/mol. The van der Waals surface area contributed by atoms with E-state index in [1.165, 1.54) is 5.56 Å². The second kappa shape index (κ2) is 8.13. The van der Waals surface area contributed by atoms with Gasteiger partial charge in [0.25, 0.3) is 5.91 Å². The van der Waals surface area contributed by atoms with Crippen LogP contribution in [-0.2, 0) is 18.4 Å². The summed E-state index contributed by atoms with van der Waals surface area (Å²) >= 11 is 0. The highest BCUT2D eigenvalue weighted by atomic mass is 16.5. The molecule has 0 spiro atoms. The van der Waals surface area contributed by atoms with Gasteiger partial charge in [0, 0.05) is 38.3 Å². The Bertz CT molecular complexity index is 761. The number of rotatable bonds is 6. The molecule has 1 fully saturated rings. The maximum atomic E-state index is 13.7. The first-order valence-electron chi connectivity index (χ1n) is 9.65. The normalized spacial score (nSPS) is 16.3. The van der Waals surface area contributed by atoms with Gasteiger partial charge in [0.05, 0.1) is 6.54 Å². The predicted octanol–water partition coefficient (Wildman–Crippen LogP) is 2.67. The smallest absolute Gasteiger partial charge is 0.267 e. The molecule has 146 valence electrons. The Hall–Kier alpha value is -2.34. The Morgan fingerprint density at radius 3 is 2.52 bits per heavy atom. The molecule has 0 saturated carbocycles. The van der Waals surface area contributed by atoms with E-state index < -0.39 is 5.60 Å². The lowest BCUT2D eigenvalue weighted by molar-refractivity contribution is -0.153. The highest BCUT2D eigenvalue weighted by Gasteiger charge is 2.45. The van der Waals surface area contributed by atoms with Crippen molar-refractivity contribution in [3.05, 3.63) is 48.0 Å². The Morgan fingerprint density at radius 1 is 1.30 bits per heavy atom. The number of hydrogen-bond donors (Lipinski definition) is 1. The number of ether oxygens (including phenoxy) is 1. The van der Waals surface area contributed by atoms with Crippen LogP contribution in [-0.4, -0.2) is 45.1 Å². The largest absolute Gasteiger partial charge is 0.477 e. The lowest BCUT2D eigenvalue weighted by atomic mass is 9.89. The number of aromatic nitrogens is 2. The van der Waals surface area contributed by atoms with Crippen LogP contribution in [0, 0.1) is 6.92 Å². The van der Waals surface area contributed by atoms with Crippen LogP contribution < -0.4 is 10.1 Å². The summed E-state index contributed by atoms with van der Waals surface area (Å²) in [4.78, 5) is 20.0. The van der Waals surface area contributed by atoms with E-state index in [-0.39, 0.29) is 11.9 Å². The third-order valence-corrected chi connectivity index (χ3v) is 5.25. The Balaban J connectivity index is 1.88. The van der Waals surface area contributed by atoms with Gasteiger partial charge in [0.15, 0.2) is 5.60 Å². The van der Waals surface area contributed by atoms with Gasteiger partial charge in [-0.25, -0.2) is 4.98 Å². The van der Waals surface area contributed by atoms with Crippen LogP contribution in [0.5, 0.6) is 5.75 Å². The maximum Gasteiger partial charge on any atom is 0.267 e. The number of carbonyl (C=O) groups is 1. The Morgan fingerprint density at radius 2 is 1.96 bits per heavy atom. The fourth-order valence-electron chi connectivity index (χ4n) is 3.47. The van der Waals surface area contributed by atoms with E-state index >= 15 is 0 Å². The second-order valence-electron chi connectivity index (χ2n) is 7.64. The van der Waals surface area contributed by atoms with Gasteiger partial charge in [0.1, 0.15) is 11.6 Å². The van der Waals surface area contributed by atoms with Crippen molar-refractivity contribution in [3.8, 4) is 5.75 Å². The van der Waals surface area contributed by atoms with Crippen LogP contribution in [0.2, 0.25) is 0 Å². The molecule has 1 aromatic heterocycles. The summed E-state index contributed by atoms with van der Waals surface area (Å²) in [6.45, 7) is 8.15. The summed E-state index contributed by atoms with van der Waals surface area (Å²) < 4.78 is 8.34. The van der Waals surface area contributed by atoms with E-state index in [4.69, 9.17) is 4.74 Å². The molecular formula is C21H30N4O2. The first-order valence-corrected chi connectivity index (χ1v) is 9.65. The van der Waals surface area contributed by atoms with Crippen LogP contribution in [0.3, 0.4) is 0 Å². The number of imidazole rings is 1. The van der Waals surface area contributed by atoms with Crippen molar-refractivity contribution in [1.29, 1.82) is 0 Å². The van der Waals surface area contributed by atoms with Crippen LogP contribution in [0.1, 0.15) is 38.1 Å². The molecule has 3 rings (SSSR count). The van der Waals surface area contributed by atoms with E-state index in [2.05, 4.69) is 10.3 Å². The first kappa shape index (κ1) is 19.4. The zero-order valence-corrected chi connectivity index (χ0v) is 16.7. The van der Waals surface area contributed by atoms with Gasteiger partial charge in [-0.2, -0.15) is 0 Å². The van der Waals surface area contributed by atoms with Crippen molar-refractivity contribution in [2.45, 2.75) is 51.8 Å². The number of nitrogens with one attached hydrogen (secondary N) is 1. The molecule has 6 nitrogen and oxygen atoms in total. The number of benzene rings is 1. The fraction of sp³-hybridized carbons (Fsp3) is 0.524. The molecule has 1 N–H and O–H groups in total. The standard InChI is InChI=1S/C21H30N4O2/c1-16(2)25(15-19-23-13-14-24(19)4)20(26)21(9-11-22-12-10-21)27-18-7-5-17(3)6-8-18/h5-8,13-14,16,22H,9-12,15H2,1-4H3. The molecule has 2 aromatic rings. The number of hydrogen-bond acceptors (Lipinski definition) is 4. The van der Waals surface area contributed by atoms with Crippen molar-refractivity contribution in [1.82, 2.24) is 19.8 Å². The van der Waals surface area contributed by atoms with E-state index in [0.717, 1.165) is 24.7 Å². The summed E-state index contributed by atoms with van der Waals surface area (Å²) in [7, 11) is 1.95. The summed E-state index contributed by atoms with van der Waals surface area (Å²) in [5, 5.41) is 3.34. The minimum Gasteiger partial charge on any atom is -0.477 e. The minimum absolute atomic E-state index is 0.0441. The molecule has 0 radical (unpaired) electrons. The number of nitrogens with zero attached hydrogens (tertiary/aromatic N) is 3. The van der Waals surface area contributed by atoms with E-state index in [1.807, 2.05) is 67.7 Å². The molecule has 1 aromatic carbocycles. The molecule has 27 heavy (non-hydrogen) atoms. The van der Waals surface area contributed by atoms with Gasteiger partial charge in [0.2, 0.25) is 0 Å². The van der Waals surface area contributed by atoms with Crippen molar-refractivity contribution in [2.75, 3.05) is 13.1 Å². The highest BCUT2D eigenvalue weighted by Crippen LogP contribution is 2.30. The van der Waals surface area contributed by atoms with Gasteiger partial charge in [-0.15, -0.1) is 0 Å². The third-order valence-electron chi connectivity index (χ3n) is 5.25. The maximum absolute atomic E-state index is 13.7. The van der Waals surface area contributed by atoms with Crippen molar-refractivity contribution in [3.63, 3.8) is 0 Å². The van der Waals surface area contributed by atoms with Gasteiger partial charge >= 0.3 is 0 Å². The molecule has 0 unspecified atom stereocenters. The molecule has 1 aliphatic heterocycles. The molecule has 6 heteroatoms. The fourth-order valence-corrected chi connectivity index (χ4v) is 3.47. The third kappa shape index (κ3) is 4.33. The quantitative estimate of drug-likeness (QED) is 0.849. The van der Waals surface area contributed by atoms with Crippen LogP contribution in [0.4, 0.5) is 0 Å². The predicted molar refractivity (Wildman–Crippen MR) is 106 cm³/mol. The summed E-state index contributed by atoms with van der Waals surface area (Å²) in [5.41, 5.74) is 0.335. The van der Waals surface area contributed by atoms with E-state index in [9.17, 15) is 4.79 Å². The van der Waals surface area contributed by atoms with E-state index in [1.54, 1.807) is 6.20 Å². The number of carbonyl (C=O) groups excluding carboxylic acids is 1. The van der Waals surface area contributed by atoms with Gasteiger partial charge in [-0.3, -0.25) is 4.79 Å². The minimum atomic E-state index is -0.837. The van der Waals surface area contributed by atoms with E-state index in [0.29, 0.717) is 19.4 Å². The Labute approximate surface area is 161 Å². The second-order valence-corrected chi connectivity index (χ2v) is 7.64. The topological polar surface area (TPSA) is 59.4 Å². The van der Waals surface area contributed by atoms with Crippen LogP contribution in [0.15, 0.2) is 36.7 Å². The molecule has 1 saturated heterocycles. The molecule has 2 heterocycles. The SMILES string of the molecule is Cc1ccc(OC2(C(=O)N(Cc3nccn3C)C(C)C)CCNCC2)cc1. The molecule has 0 aliphatic carbocycles. The van der Waals surface area contributed by atoms with Gasteiger partial charge < -0.3 is 19.5 Å². The zero-order valence-electron chi connectivity index (χ0n) is 16.7. The number of aryl methyl sites for hydroxylation is 2. The lowest BCUT2D eigenvalue weighted by Crippen LogP contribution is -2.58. The summed E-state index contributed by atoms with van der Waals surface area (Å²) in [5.74, 6) is 1.66. The zero-order chi connectivity index (χ0) is 19.4. The number of amides is 1. The molecule has 0 atom stereocenters.